The molecule has 0 saturated carbocycles. The number of rotatable bonds is 6. The molecule has 1 rings (SSSR count). The molecule has 4 heteroatoms. The van der Waals surface area contributed by atoms with Crippen molar-refractivity contribution in [3.63, 3.8) is 0 Å². The monoisotopic (exact) mass is 236 g/mol. The molecule has 0 aromatic heterocycles. The lowest BCUT2D eigenvalue weighted by molar-refractivity contribution is -0.121. The quantitative estimate of drug-likeness (QED) is 0.777. The second-order valence-corrected chi connectivity index (χ2v) is 4.09. The maximum Gasteiger partial charge on any atom is 0.221 e. The number of nitrogens with two attached hydrogens (primary N) is 1. The summed E-state index contributed by atoms with van der Waals surface area (Å²) in [5.74, 6) is 0.851. The number of carbonyl (C=O) groups is 1. The molecule has 1 aromatic rings. The van der Waals surface area contributed by atoms with Crippen LogP contribution in [0.5, 0.6) is 5.75 Å². The fraction of sp³-hybridized carbons (Fsp3) is 0.462. The van der Waals surface area contributed by atoms with E-state index in [0.717, 1.165) is 17.7 Å². The summed E-state index contributed by atoms with van der Waals surface area (Å²) in [4.78, 5) is 11.4. The largest absolute Gasteiger partial charge is 0.496 e. The molecular weight excluding hydrogens is 216 g/mol. The van der Waals surface area contributed by atoms with E-state index in [-0.39, 0.29) is 11.9 Å². The highest BCUT2D eigenvalue weighted by Gasteiger charge is 2.05. The van der Waals surface area contributed by atoms with Gasteiger partial charge in [-0.1, -0.05) is 18.2 Å². The molecule has 1 amide bonds. The van der Waals surface area contributed by atoms with Gasteiger partial charge in [0.05, 0.1) is 7.11 Å². The first kappa shape index (κ1) is 13.5. The molecule has 0 heterocycles. The molecule has 0 radical (unpaired) electrons. The summed E-state index contributed by atoms with van der Waals surface area (Å²) in [6.45, 7) is 2.42. The average molecular weight is 236 g/mol. The number of nitrogens with one attached hydrogen (secondary N) is 1. The minimum absolute atomic E-state index is 0.00472. The Kier molecular flexibility index (Phi) is 5.49. The van der Waals surface area contributed by atoms with Crippen LogP contribution in [0.4, 0.5) is 0 Å². The lowest BCUT2D eigenvalue weighted by atomic mass is 10.1. The van der Waals surface area contributed by atoms with Crippen molar-refractivity contribution in [1.82, 2.24) is 5.32 Å². The SMILES string of the molecule is COc1ccccc1CCNC(=O)CC(C)N. The van der Waals surface area contributed by atoms with Crippen LogP contribution >= 0.6 is 0 Å². The van der Waals surface area contributed by atoms with E-state index >= 15 is 0 Å². The van der Waals surface area contributed by atoms with Crippen molar-refractivity contribution in [2.24, 2.45) is 5.73 Å². The number of benzene rings is 1. The number of methoxy groups -OCH3 is 1. The first-order valence-electron chi connectivity index (χ1n) is 5.77. The minimum Gasteiger partial charge on any atom is -0.496 e. The Morgan fingerprint density at radius 3 is 2.82 bits per heavy atom. The van der Waals surface area contributed by atoms with E-state index in [4.69, 9.17) is 10.5 Å². The fourth-order valence-electron chi connectivity index (χ4n) is 1.61. The van der Waals surface area contributed by atoms with E-state index in [1.54, 1.807) is 7.11 Å². The summed E-state index contributed by atoms with van der Waals surface area (Å²) < 4.78 is 5.23. The van der Waals surface area contributed by atoms with Crippen molar-refractivity contribution in [1.29, 1.82) is 0 Å². The minimum atomic E-state index is -0.0961. The predicted molar refractivity (Wildman–Crippen MR) is 68.0 cm³/mol. The van der Waals surface area contributed by atoms with Gasteiger partial charge in [0, 0.05) is 19.0 Å². The molecule has 0 aliphatic carbocycles. The van der Waals surface area contributed by atoms with Crippen molar-refractivity contribution in [2.75, 3.05) is 13.7 Å². The highest BCUT2D eigenvalue weighted by molar-refractivity contribution is 5.76. The van der Waals surface area contributed by atoms with Gasteiger partial charge < -0.3 is 15.8 Å². The first-order chi connectivity index (χ1) is 8.13. The van der Waals surface area contributed by atoms with Gasteiger partial charge in [-0.2, -0.15) is 0 Å². The summed E-state index contributed by atoms with van der Waals surface area (Å²) >= 11 is 0. The van der Waals surface area contributed by atoms with Crippen molar-refractivity contribution < 1.29 is 9.53 Å². The van der Waals surface area contributed by atoms with Crippen LogP contribution in [0.3, 0.4) is 0 Å². The van der Waals surface area contributed by atoms with Crippen LogP contribution in [-0.4, -0.2) is 25.6 Å². The highest BCUT2D eigenvalue weighted by Crippen LogP contribution is 2.17. The Morgan fingerprint density at radius 2 is 2.18 bits per heavy atom. The number of hydrogen-bond donors (Lipinski definition) is 2. The lowest BCUT2D eigenvalue weighted by Crippen LogP contribution is -2.31. The zero-order valence-corrected chi connectivity index (χ0v) is 10.4. The summed E-state index contributed by atoms with van der Waals surface area (Å²) in [5.41, 5.74) is 6.63. The maximum atomic E-state index is 11.4. The molecule has 94 valence electrons. The van der Waals surface area contributed by atoms with Gasteiger partial charge in [0.15, 0.2) is 0 Å². The molecular formula is C13H20N2O2. The number of ether oxygens (including phenoxy) is 1. The Hall–Kier alpha value is -1.55. The van der Waals surface area contributed by atoms with Gasteiger partial charge in [-0.05, 0) is 25.0 Å². The van der Waals surface area contributed by atoms with Crippen LogP contribution < -0.4 is 15.8 Å². The molecule has 1 atom stereocenters. The molecule has 0 spiro atoms. The zero-order valence-electron chi connectivity index (χ0n) is 10.4. The number of carbonyl (C=O) groups excluding carboxylic acids is 1. The summed E-state index contributed by atoms with van der Waals surface area (Å²) in [6, 6.07) is 7.70. The fourth-order valence-corrected chi connectivity index (χ4v) is 1.61. The molecule has 3 N–H and O–H groups in total. The van der Waals surface area contributed by atoms with Gasteiger partial charge in [-0.15, -0.1) is 0 Å². The Labute approximate surface area is 102 Å². The lowest BCUT2D eigenvalue weighted by Gasteiger charge is -2.09. The van der Waals surface area contributed by atoms with Gasteiger partial charge in [0.2, 0.25) is 5.91 Å². The summed E-state index contributed by atoms with van der Waals surface area (Å²) in [7, 11) is 1.65. The first-order valence-corrected chi connectivity index (χ1v) is 5.77. The van der Waals surface area contributed by atoms with Crippen LogP contribution in [0.1, 0.15) is 18.9 Å². The third-order valence-electron chi connectivity index (χ3n) is 2.42. The molecule has 17 heavy (non-hydrogen) atoms. The Balaban J connectivity index is 2.38. The number of amides is 1. The smallest absolute Gasteiger partial charge is 0.221 e. The van der Waals surface area contributed by atoms with Crippen LogP contribution in [-0.2, 0) is 11.2 Å². The topological polar surface area (TPSA) is 64.3 Å². The van der Waals surface area contributed by atoms with Crippen LogP contribution in [0, 0.1) is 0 Å². The van der Waals surface area contributed by atoms with Gasteiger partial charge in [0.25, 0.3) is 0 Å². The molecule has 4 nitrogen and oxygen atoms in total. The third kappa shape index (κ3) is 4.87. The molecule has 0 bridgehead atoms. The summed E-state index contributed by atoms with van der Waals surface area (Å²) in [5, 5.41) is 2.84. The molecule has 0 fully saturated rings. The number of para-hydroxylation sites is 1. The zero-order chi connectivity index (χ0) is 12.7. The Bertz CT molecular complexity index is 364. The molecule has 1 unspecified atom stereocenters. The Morgan fingerprint density at radius 1 is 1.47 bits per heavy atom. The van der Waals surface area contributed by atoms with Gasteiger partial charge in [-0.25, -0.2) is 0 Å². The van der Waals surface area contributed by atoms with E-state index in [1.807, 2.05) is 31.2 Å². The van der Waals surface area contributed by atoms with Crippen LogP contribution in [0.25, 0.3) is 0 Å². The maximum absolute atomic E-state index is 11.4. The van der Waals surface area contributed by atoms with Crippen LogP contribution in [0.15, 0.2) is 24.3 Å². The predicted octanol–water partition coefficient (Wildman–Crippen LogP) is 1.09. The van der Waals surface area contributed by atoms with Gasteiger partial charge in [0.1, 0.15) is 5.75 Å². The van der Waals surface area contributed by atoms with E-state index in [9.17, 15) is 4.79 Å². The van der Waals surface area contributed by atoms with Crippen molar-refractivity contribution in [3.8, 4) is 5.75 Å². The second kappa shape index (κ2) is 6.91. The van der Waals surface area contributed by atoms with Crippen molar-refractivity contribution >= 4 is 5.91 Å². The van der Waals surface area contributed by atoms with Crippen molar-refractivity contribution in [3.05, 3.63) is 29.8 Å². The highest BCUT2D eigenvalue weighted by atomic mass is 16.5. The van der Waals surface area contributed by atoms with E-state index in [1.165, 1.54) is 0 Å². The molecule has 0 aliphatic heterocycles. The molecule has 0 saturated heterocycles. The molecule has 0 aliphatic rings. The van der Waals surface area contributed by atoms with Gasteiger partial charge >= 0.3 is 0 Å². The third-order valence-corrected chi connectivity index (χ3v) is 2.42. The standard InChI is InChI=1S/C13H20N2O2/c1-10(14)9-13(16)15-8-7-11-5-3-4-6-12(11)17-2/h3-6,10H,7-9,14H2,1-2H3,(H,15,16). The van der Waals surface area contributed by atoms with E-state index < -0.39 is 0 Å². The second-order valence-electron chi connectivity index (χ2n) is 4.09. The van der Waals surface area contributed by atoms with Crippen molar-refractivity contribution in [2.45, 2.75) is 25.8 Å². The molecule has 1 aromatic carbocycles. The van der Waals surface area contributed by atoms with E-state index in [2.05, 4.69) is 5.32 Å². The van der Waals surface area contributed by atoms with E-state index in [0.29, 0.717) is 13.0 Å². The average Bonchev–Trinajstić information content (AvgIpc) is 2.28. The normalized spacial score (nSPS) is 11.9. The van der Waals surface area contributed by atoms with Crippen LogP contribution in [0.2, 0.25) is 0 Å². The van der Waals surface area contributed by atoms with Gasteiger partial charge in [-0.3, -0.25) is 4.79 Å². The summed E-state index contributed by atoms with van der Waals surface area (Å²) in [6.07, 6.45) is 1.13. The number of hydrogen-bond acceptors (Lipinski definition) is 3.